The first-order chi connectivity index (χ1) is 6.90. The van der Waals surface area contributed by atoms with E-state index in [1.807, 2.05) is 0 Å². The van der Waals surface area contributed by atoms with Gasteiger partial charge in [0.05, 0.1) is 12.8 Å². The number of aliphatic hydroxyl groups excluding tert-OH is 1. The Hall–Kier alpha value is -1.43. The zero-order valence-electron chi connectivity index (χ0n) is 9.10. The molecule has 0 aliphatic rings. The predicted octanol–water partition coefficient (Wildman–Crippen LogP) is 0.112. The van der Waals surface area contributed by atoms with Crippen LogP contribution in [0.25, 0.3) is 0 Å². The fourth-order valence-electron chi connectivity index (χ4n) is 0.994. The maximum Gasteiger partial charge on any atom is 0.328 e. The van der Waals surface area contributed by atoms with Crippen LogP contribution in [-0.4, -0.2) is 31.7 Å². The van der Waals surface area contributed by atoms with E-state index in [1.54, 1.807) is 20.8 Å². The van der Waals surface area contributed by atoms with Crippen molar-refractivity contribution < 1.29 is 14.6 Å². The van der Waals surface area contributed by atoms with Crippen molar-refractivity contribution in [3.8, 4) is 0 Å². The van der Waals surface area contributed by atoms with Gasteiger partial charge in [0.2, 0.25) is 0 Å². The van der Waals surface area contributed by atoms with Crippen molar-refractivity contribution in [3.63, 3.8) is 0 Å². The molecule has 0 aliphatic carbocycles. The average Bonchev–Trinajstić information content (AvgIpc) is 2.48. The minimum atomic E-state index is -0.503. The number of hydrogen-bond donors (Lipinski definition) is 1. The molecule has 1 N–H and O–H groups in total. The van der Waals surface area contributed by atoms with Crippen LogP contribution < -0.4 is 0 Å². The minimum absolute atomic E-state index is 0.00424. The van der Waals surface area contributed by atoms with Crippen LogP contribution in [0.1, 0.15) is 26.5 Å². The Balaban J connectivity index is 2.51. The third-order valence-electron chi connectivity index (χ3n) is 1.46. The molecule has 1 aromatic rings. The molecule has 0 saturated carbocycles. The van der Waals surface area contributed by atoms with Gasteiger partial charge in [-0.3, -0.25) is 4.79 Å². The van der Waals surface area contributed by atoms with Crippen LogP contribution in [0.2, 0.25) is 0 Å². The van der Waals surface area contributed by atoms with Crippen molar-refractivity contribution in [1.29, 1.82) is 0 Å². The second kappa shape index (κ2) is 4.39. The molecule has 0 spiro atoms. The number of ether oxygens (including phenoxy) is 1. The summed E-state index contributed by atoms with van der Waals surface area (Å²) in [5.41, 5.74) is -0.0733. The fourth-order valence-corrected chi connectivity index (χ4v) is 0.994. The molecule has 1 aromatic heterocycles. The van der Waals surface area contributed by atoms with E-state index in [2.05, 4.69) is 10.3 Å². The Morgan fingerprint density at radius 3 is 2.73 bits per heavy atom. The molecule has 84 valence electrons. The summed E-state index contributed by atoms with van der Waals surface area (Å²) in [5.74, 6) is -0.378. The van der Waals surface area contributed by atoms with Gasteiger partial charge in [0.15, 0.2) is 0 Å². The van der Waals surface area contributed by atoms with Crippen LogP contribution in [-0.2, 0) is 22.7 Å². The number of hydrogen-bond acceptors (Lipinski definition) is 5. The van der Waals surface area contributed by atoms with E-state index in [1.165, 1.54) is 10.9 Å². The molecule has 0 unspecified atom stereocenters. The topological polar surface area (TPSA) is 77.2 Å². The van der Waals surface area contributed by atoms with Crippen molar-refractivity contribution in [2.24, 2.45) is 0 Å². The lowest BCUT2D eigenvalue weighted by molar-refractivity contribution is -0.155. The minimum Gasteiger partial charge on any atom is -0.459 e. The van der Waals surface area contributed by atoms with Gasteiger partial charge < -0.3 is 9.84 Å². The molecular formula is C9H15N3O3. The predicted molar refractivity (Wildman–Crippen MR) is 51.8 cm³/mol. The summed E-state index contributed by atoms with van der Waals surface area (Å²) in [5, 5.41) is 16.0. The summed E-state index contributed by atoms with van der Waals surface area (Å²) in [6.45, 7) is 5.21. The first kappa shape index (κ1) is 11.6. The van der Waals surface area contributed by atoms with Gasteiger partial charge in [0, 0.05) is 0 Å². The molecule has 0 atom stereocenters. The van der Waals surface area contributed by atoms with Crippen LogP contribution >= 0.6 is 0 Å². The average molecular weight is 213 g/mol. The summed E-state index contributed by atoms with van der Waals surface area (Å²) in [6.07, 6.45) is 1.50. The molecular weight excluding hydrogens is 198 g/mol. The third kappa shape index (κ3) is 4.07. The van der Waals surface area contributed by atoms with Crippen molar-refractivity contribution in [2.75, 3.05) is 0 Å². The molecule has 0 amide bonds. The largest absolute Gasteiger partial charge is 0.459 e. The number of rotatable bonds is 3. The van der Waals surface area contributed by atoms with E-state index in [9.17, 15) is 4.79 Å². The van der Waals surface area contributed by atoms with Gasteiger partial charge in [-0.05, 0) is 20.8 Å². The number of aromatic nitrogens is 3. The molecule has 0 fully saturated rings. The van der Waals surface area contributed by atoms with E-state index in [4.69, 9.17) is 9.84 Å². The zero-order valence-corrected chi connectivity index (χ0v) is 9.10. The highest BCUT2D eigenvalue weighted by Gasteiger charge is 2.16. The Bertz CT molecular complexity index is 341. The molecule has 6 heteroatoms. The lowest BCUT2D eigenvalue weighted by Crippen LogP contribution is -2.26. The number of carbonyl (C=O) groups excluding carboxylic acids is 1. The molecule has 0 saturated heterocycles. The highest BCUT2D eigenvalue weighted by molar-refractivity contribution is 5.69. The van der Waals surface area contributed by atoms with Gasteiger partial charge in [0.1, 0.15) is 17.8 Å². The summed E-state index contributed by atoms with van der Waals surface area (Å²) in [7, 11) is 0. The van der Waals surface area contributed by atoms with Gasteiger partial charge in [-0.1, -0.05) is 5.21 Å². The second-order valence-corrected chi connectivity index (χ2v) is 4.15. The normalized spacial score (nSPS) is 11.5. The maximum atomic E-state index is 11.4. The van der Waals surface area contributed by atoms with Gasteiger partial charge in [-0.2, -0.15) is 0 Å². The standard InChI is InChI=1S/C9H15N3O3/c1-9(2,3)15-8(14)5-12-4-7(6-13)10-11-12/h4,13H,5-6H2,1-3H3. The van der Waals surface area contributed by atoms with Gasteiger partial charge >= 0.3 is 5.97 Å². The Kier molecular flexibility index (Phi) is 3.41. The molecule has 0 radical (unpaired) electrons. The van der Waals surface area contributed by atoms with Gasteiger partial charge in [-0.15, -0.1) is 5.10 Å². The highest BCUT2D eigenvalue weighted by atomic mass is 16.6. The van der Waals surface area contributed by atoms with E-state index >= 15 is 0 Å². The van der Waals surface area contributed by atoms with E-state index in [0.717, 1.165) is 0 Å². The number of esters is 1. The molecule has 1 heterocycles. The van der Waals surface area contributed by atoms with Crippen LogP contribution in [0.15, 0.2) is 6.20 Å². The quantitative estimate of drug-likeness (QED) is 0.721. The summed E-state index contributed by atoms with van der Waals surface area (Å²) in [6, 6.07) is 0. The monoisotopic (exact) mass is 213 g/mol. The third-order valence-corrected chi connectivity index (χ3v) is 1.46. The molecule has 15 heavy (non-hydrogen) atoms. The Labute approximate surface area is 87.9 Å². The molecule has 6 nitrogen and oxygen atoms in total. The van der Waals surface area contributed by atoms with Crippen LogP contribution in [0.5, 0.6) is 0 Å². The molecule has 0 aliphatic heterocycles. The first-order valence-corrected chi connectivity index (χ1v) is 4.62. The fraction of sp³-hybridized carbons (Fsp3) is 0.667. The summed E-state index contributed by atoms with van der Waals surface area (Å²) in [4.78, 5) is 11.4. The Morgan fingerprint density at radius 1 is 1.60 bits per heavy atom. The summed E-state index contributed by atoms with van der Waals surface area (Å²) < 4.78 is 6.43. The maximum absolute atomic E-state index is 11.4. The number of nitrogens with zero attached hydrogens (tertiary/aromatic N) is 3. The SMILES string of the molecule is CC(C)(C)OC(=O)Cn1cc(CO)nn1. The molecule has 1 rings (SSSR count). The van der Waals surface area contributed by atoms with Crippen LogP contribution in [0.3, 0.4) is 0 Å². The van der Waals surface area contributed by atoms with Crippen molar-refractivity contribution >= 4 is 5.97 Å². The number of aliphatic hydroxyl groups is 1. The van der Waals surface area contributed by atoms with Gasteiger partial charge in [-0.25, -0.2) is 4.68 Å². The van der Waals surface area contributed by atoms with E-state index < -0.39 is 5.60 Å². The van der Waals surface area contributed by atoms with Crippen molar-refractivity contribution in [1.82, 2.24) is 15.0 Å². The van der Waals surface area contributed by atoms with Gasteiger partial charge in [0.25, 0.3) is 0 Å². The number of carbonyl (C=O) groups is 1. The van der Waals surface area contributed by atoms with Crippen LogP contribution in [0.4, 0.5) is 0 Å². The van der Waals surface area contributed by atoms with Crippen molar-refractivity contribution in [2.45, 2.75) is 39.5 Å². The first-order valence-electron chi connectivity index (χ1n) is 4.62. The Morgan fingerprint density at radius 2 is 2.27 bits per heavy atom. The summed E-state index contributed by atoms with van der Waals surface area (Å²) >= 11 is 0. The van der Waals surface area contributed by atoms with Crippen LogP contribution in [0, 0.1) is 0 Å². The highest BCUT2D eigenvalue weighted by Crippen LogP contribution is 2.07. The second-order valence-electron chi connectivity index (χ2n) is 4.15. The molecule has 0 aromatic carbocycles. The van der Waals surface area contributed by atoms with E-state index in [-0.39, 0.29) is 19.1 Å². The van der Waals surface area contributed by atoms with E-state index in [0.29, 0.717) is 5.69 Å². The lowest BCUT2D eigenvalue weighted by Gasteiger charge is -2.19. The lowest BCUT2D eigenvalue weighted by atomic mass is 10.2. The smallest absolute Gasteiger partial charge is 0.328 e. The van der Waals surface area contributed by atoms with Crippen molar-refractivity contribution in [3.05, 3.63) is 11.9 Å². The zero-order chi connectivity index (χ0) is 11.5. The molecule has 0 bridgehead atoms.